The maximum Gasteiger partial charge on any atom is 0.483 e. The molecule has 2 aliphatic rings. The van der Waals surface area contributed by atoms with Gasteiger partial charge in [0.05, 0.1) is 13.2 Å². The normalized spacial score (nSPS) is 31.9. The van der Waals surface area contributed by atoms with Crippen LogP contribution >= 0.6 is 15.6 Å². The Bertz CT molecular complexity index is 1150. The fraction of sp³-hybridized carbons (Fsp3) is 0.750. The zero-order chi connectivity index (χ0) is 32.9. The van der Waals surface area contributed by atoms with Crippen molar-refractivity contribution in [2.24, 2.45) is 0 Å². The Morgan fingerprint density at radius 3 is 2.07 bits per heavy atom. The van der Waals surface area contributed by atoms with Crippen LogP contribution in [0, 0.1) is 0 Å². The molecule has 21 nitrogen and oxygen atoms in total. The van der Waals surface area contributed by atoms with E-state index in [4.69, 9.17) is 33.3 Å². The van der Waals surface area contributed by atoms with E-state index < -0.39 is 113 Å². The van der Waals surface area contributed by atoms with E-state index in [2.05, 4.69) is 20.3 Å². The summed E-state index contributed by atoms with van der Waals surface area (Å²) < 4.78 is 54.6. The van der Waals surface area contributed by atoms with Crippen LogP contribution in [-0.2, 0) is 51.3 Å². The first-order valence-electron chi connectivity index (χ1n) is 12.3. The topological polar surface area (TPSA) is 318 Å². The lowest BCUT2D eigenvalue weighted by Gasteiger charge is -2.45. The first kappa shape index (κ1) is 37.1. The average Bonchev–Trinajstić information content (AvgIpc) is 2.88. The quantitative estimate of drug-likeness (QED) is 0.0832. The Kier molecular flexibility index (Phi) is 13.2. The molecule has 2 aliphatic heterocycles. The minimum Gasteiger partial charge on any atom is -0.480 e. The van der Waals surface area contributed by atoms with Gasteiger partial charge in [-0.25, -0.2) is 9.13 Å². The molecule has 1 unspecified atom stereocenters. The molecule has 23 heteroatoms. The number of hydrogen-bond donors (Lipinski definition) is 10. The molecule has 2 rings (SSSR count). The van der Waals surface area contributed by atoms with Crippen molar-refractivity contribution in [1.82, 2.24) is 16.0 Å². The number of nitrogens with one attached hydrogen (secondary N) is 3. The lowest BCUT2D eigenvalue weighted by Crippen LogP contribution is -2.66. The molecule has 0 aromatic rings. The van der Waals surface area contributed by atoms with Crippen LogP contribution in [0.15, 0.2) is 11.5 Å². The fourth-order valence-corrected chi connectivity index (χ4v) is 5.62. The second-order valence-corrected chi connectivity index (χ2v) is 11.9. The third-order valence-corrected chi connectivity index (χ3v) is 7.91. The molecule has 10 atom stereocenters. The monoisotopic (exact) mass is 667 g/mol. The second-order valence-electron chi connectivity index (χ2n) is 9.16. The van der Waals surface area contributed by atoms with Crippen LogP contribution in [-0.4, -0.2) is 128 Å². The molecule has 3 amide bonds. The number of likely N-dealkylation sites (N-methyl/N-ethyl adjacent to an activating group) is 1. The molecule has 10 N–H and O–H groups in total. The van der Waals surface area contributed by atoms with Gasteiger partial charge in [-0.05, 0) is 6.92 Å². The molecule has 0 bridgehead atoms. The molecule has 43 heavy (non-hydrogen) atoms. The molecule has 1 saturated heterocycles. The van der Waals surface area contributed by atoms with Crippen LogP contribution < -0.4 is 16.0 Å². The van der Waals surface area contributed by atoms with Crippen LogP contribution in [0.5, 0.6) is 0 Å². The van der Waals surface area contributed by atoms with Crippen molar-refractivity contribution in [3.05, 3.63) is 11.5 Å². The van der Waals surface area contributed by atoms with Gasteiger partial charge in [-0.2, -0.15) is 4.31 Å². The summed E-state index contributed by atoms with van der Waals surface area (Å²) >= 11 is 0. The molecule has 0 aromatic heterocycles. The first-order valence-corrected chi connectivity index (χ1v) is 15.4. The van der Waals surface area contributed by atoms with Crippen molar-refractivity contribution < 1.29 is 86.4 Å². The molecule has 0 radical (unpaired) electrons. The number of aliphatic hydroxyl groups excluding tert-OH is 4. The molecule has 0 aliphatic carbocycles. The summed E-state index contributed by atoms with van der Waals surface area (Å²) in [5, 5.41) is 47.5. The highest BCUT2D eigenvalue weighted by Crippen LogP contribution is 2.59. The van der Waals surface area contributed by atoms with Crippen LogP contribution in [0.1, 0.15) is 20.8 Å². The molecule has 0 saturated carbocycles. The van der Waals surface area contributed by atoms with E-state index in [1.54, 1.807) is 0 Å². The van der Waals surface area contributed by atoms with E-state index in [-0.39, 0.29) is 0 Å². The van der Waals surface area contributed by atoms with Gasteiger partial charge in [-0.1, -0.05) is 0 Å². The summed E-state index contributed by atoms with van der Waals surface area (Å²) in [6, 6.07) is -1.53. The third-order valence-electron chi connectivity index (χ3n) is 5.78. The zero-order valence-corrected chi connectivity index (χ0v) is 24.9. The van der Waals surface area contributed by atoms with Crippen molar-refractivity contribution >= 4 is 33.4 Å². The van der Waals surface area contributed by atoms with Crippen molar-refractivity contribution in [2.75, 3.05) is 20.3 Å². The maximum absolute atomic E-state index is 12.4. The van der Waals surface area contributed by atoms with E-state index in [0.717, 1.165) is 13.8 Å². The molecule has 0 aromatic carbocycles. The van der Waals surface area contributed by atoms with E-state index in [1.165, 1.54) is 14.0 Å². The Hall–Kier alpha value is -2.07. The maximum atomic E-state index is 12.4. The number of phosphoric ester groups is 1. The molecule has 248 valence electrons. The largest absolute Gasteiger partial charge is 0.483 e. The van der Waals surface area contributed by atoms with Gasteiger partial charge in [0.2, 0.25) is 18.1 Å². The van der Waals surface area contributed by atoms with Crippen LogP contribution in [0.2, 0.25) is 0 Å². The number of ether oxygens (including phenoxy) is 4. The number of rotatable bonds is 13. The second kappa shape index (κ2) is 15.3. The predicted octanol–water partition coefficient (Wildman–Crippen LogP) is -4.24. The van der Waals surface area contributed by atoms with Crippen molar-refractivity contribution in [3.63, 3.8) is 0 Å². The fourth-order valence-electron chi connectivity index (χ4n) is 4.00. The number of aliphatic hydroxyl groups is 4. The highest BCUT2D eigenvalue weighted by Gasteiger charge is 2.51. The lowest BCUT2D eigenvalue weighted by atomic mass is 9.96. The number of carbonyl (C=O) groups excluding carboxylic acids is 3. The Labute approximate surface area is 243 Å². The lowest BCUT2D eigenvalue weighted by molar-refractivity contribution is -0.299. The SMILES string of the molecule is CNC(=O)[C@@H](C)OC1=C(NC(C)=O)[C@@H](OP(=O)(O)OP(=O)(O)O)O[C@H](CO)[C@H]1O[C@@H]1O[C@H](CO)[C@H](O)[C@H](O)[C@H]1NC(C)=O. The first-order chi connectivity index (χ1) is 19.8. The van der Waals surface area contributed by atoms with Gasteiger partial charge in [-0.3, -0.25) is 18.9 Å². The molecule has 1 fully saturated rings. The van der Waals surface area contributed by atoms with Crippen LogP contribution in [0.25, 0.3) is 0 Å². The summed E-state index contributed by atoms with van der Waals surface area (Å²) in [6.07, 6.45) is -13.9. The van der Waals surface area contributed by atoms with Gasteiger partial charge in [0.15, 0.2) is 18.2 Å². The zero-order valence-electron chi connectivity index (χ0n) is 23.1. The Morgan fingerprint density at radius 2 is 1.58 bits per heavy atom. The minimum atomic E-state index is -5.69. The third kappa shape index (κ3) is 10.2. The summed E-state index contributed by atoms with van der Waals surface area (Å²) in [5.41, 5.74) is -0.701. The number of phosphoric acid groups is 2. The Balaban J connectivity index is 2.70. The highest BCUT2D eigenvalue weighted by atomic mass is 31.3. The average molecular weight is 667 g/mol. The van der Waals surface area contributed by atoms with E-state index in [0.29, 0.717) is 0 Å². The molecule has 0 spiro atoms. The number of carbonyl (C=O) groups is 3. The van der Waals surface area contributed by atoms with Crippen LogP contribution in [0.4, 0.5) is 0 Å². The van der Waals surface area contributed by atoms with E-state index in [1.807, 2.05) is 0 Å². The van der Waals surface area contributed by atoms with Crippen LogP contribution in [0.3, 0.4) is 0 Å². The van der Waals surface area contributed by atoms with Gasteiger partial charge in [-0.15, -0.1) is 0 Å². The number of hydrogen-bond acceptors (Lipinski definition) is 15. The summed E-state index contributed by atoms with van der Waals surface area (Å²) in [6.45, 7) is 1.39. The van der Waals surface area contributed by atoms with Gasteiger partial charge in [0.25, 0.3) is 5.91 Å². The van der Waals surface area contributed by atoms with Crippen molar-refractivity contribution in [2.45, 2.75) is 76.0 Å². The predicted molar refractivity (Wildman–Crippen MR) is 135 cm³/mol. The van der Waals surface area contributed by atoms with E-state index >= 15 is 0 Å². The van der Waals surface area contributed by atoms with Gasteiger partial charge in [0, 0.05) is 20.9 Å². The minimum absolute atomic E-state index is 0.621. The standard InChI is InChI=1S/C20H35N3O18P2/c1-7(18(30)21-4)36-17-13(23-9(3)27)20(40-43(34,35)41-42(31,32)33)38-11(6-25)16(17)39-19-12(22-8(2)26)15(29)14(28)10(5-24)37-19/h7,10-12,14-16,19-20,24-25,28-29H,5-6H2,1-4H3,(H,21,30)(H,22,26)(H,23,27)(H,34,35)(H2,31,32,33)/t7-,10-,11-,12-,14+,15-,16-,19+,20-/m1/s1. The van der Waals surface area contributed by atoms with Crippen molar-refractivity contribution in [3.8, 4) is 0 Å². The van der Waals surface area contributed by atoms with Gasteiger partial charge in [0.1, 0.15) is 42.3 Å². The molecular weight excluding hydrogens is 632 g/mol. The molecule has 2 heterocycles. The summed E-state index contributed by atoms with van der Waals surface area (Å²) in [5.74, 6) is -2.98. The summed E-state index contributed by atoms with van der Waals surface area (Å²) in [4.78, 5) is 64.2. The number of amides is 3. The summed E-state index contributed by atoms with van der Waals surface area (Å²) in [7, 11) is -10.1. The smallest absolute Gasteiger partial charge is 0.480 e. The van der Waals surface area contributed by atoms with Gasteiger partial charge < -0.3 is 70.0 Å². The molecular formula is C20H35N3O18P2. The highest BCUT2D eigenvalue weighted by molar-refractivity contribution is 7.60. The Morgan fingerprint density at radius 1 is 0.977 bits per heavy atom. The van der Waals surface area contributed by atoms with Crippen molar-refractivity contribution in [1.29, 1.82) is 0 Å². The van der Waals surface area contributed by atoms with E-state index in [9.17, 15) is 48.8 Å². The van der Waals surface area contributed by atoms with Gasteiger partial charge >= 0.3 is 15.6 Å².